The van der Waals surface area contributed by atoms with Crippen molar-refractivity contribution in [1.29, 1.82) is 0 Å². The summed E-state index contributed by atoms with van der Waals surface area (Å²) in [6.45, 7) is 2.42. The van der Waals surface area contributed by atoms with E-state index >= 15 is 0 Å². The fraction of sp³-hybridized carbons (Fsp3) is 1.00. The number of hydrogen-bond acceptors (Lipinski definition) is 2. The van der Waals surface area contributed by atoms with Crippen LogP contribution < -0.4 is 0 Å². The molecule has 0 spiro atoms. The maximum atomic E-state index is 8.70. The molecule has 1 N–H and O–H groups in total. The summed E-state index contributed by atoms with van der Waals surface area (Å²) in [7, 11) is 0. The third-order valence-corrected chi connectivity index (χ3v) is 2.34. The zero-order chi connectivity index (χ0) is 8.10. The fourth-order valence-electron chi connectivity index (χ4n) is 1.64. The van der Waals surface area contributed by atoms with Gasteiger partial charge in [0.15, 0.2) is 0 Å². The van der Waals surface area contributed by atoms with Crippen molar-refractivity contribution in [3.63, 3.8) is 0 Å². The highest BCUT2D eigenvalue weighted by molar-refractivity contribution is 4.69. The largest absolute Gasteiger partial charge is 0.396 e. The van der Waals surface area contributed by atoms with Crippen LogP contribution in [0.4, 0.5) is 0 Å². The van der Waals surface area contributed by atoms with Gasteiger partial charge in [-0.25, -0.2) is 0 Å². The summed E-state index contributed by atoms with van der Waals surface area (Å²) >= 11 is 0. The van der Waals surface area contributed by atoms with Crippen molar-refractivity contribution in [3.8, 4) is 0 Å². The molecule has 0 aromatic rings. The molecule has 1 rings (SSSR count). The summed E-state index contributed by atoms with van der Waals surface area (Å²) in [5.41, 5.74) is 0. The van der Waals surface area contributed by atoms with Crippen molar-refractivity contribution < 1.29 is 9.84 Å². The van der Waals surface area contributed by atoms with Crippen LogP contribution >= 0.6 is 0 Å². The fourth-order valence-corrected chi connectivity index (χ4v) is 1.64. The minimum absolute atomic E-state index is 0.265. The van der Waals surface area contributed by atoms with Gasteiger partial charge in [-0.3, -0.25) is 0 Å². The molecule has 1 saturated heterocycles. The summed E-state index contributed by atoms with van der Waals surface area (Å²) in [6, 6.07) is 0. The van der Waals surface area contributed by atoms with Gasteiger partial charge in [-0.2, -0.15) is 0 Å². The molecule has 0 saturated carbocycles. The Hall–Kier alpha value is -0.0800. The first kappa shape index (κ1) is 9.01. The number of aliphatic hydroxyl groups is 1. The van der Waals surface area contributed by atoms with E-state index in [4.69, 9.17) is 9.84 Å². The second-order valence-corrected chi connectivity index (χ2v) is 3.23. The molecule has 0 radical (unpaired) electrons. The molecule has 0 aromatic carbocycles. The van der Waals surface area contributed by atoms with Crippen molar-refractivity contribution in [3.05, 3.63) is 0 Å². The zero-order valence-electron chi connectivity index (χ0n) is 7.25. The number of aliphatic hydroxyl groups excluding tert-OH is 1. The zero-order valence-corrected chi connectivity index (χ0v) is 7.25. The predicted molar refractivity (Wildman–Crippen MR) is 44.5 cm³/mol. The molecule has 66 valence electrons. The van der Waals surface area contributed by atoms with E-state index in [0.717, 1.165) is 19.3 Å². The lowest BCUT2D eigenvalue weighted by Gasteiger charge is -2.28. The third-order valence-electron chi connectivity index (χ3n) is 2.34. The summed E-state index contributed by atoms with van der Waals surface area (Å²) in [4.78, 5) is 0. The average molecular weight is 158 g/mol. The van der Waals surface area contributed by atoms with Crippen LogP contribution in [0.15, 0.2) is 0 Å². The number of ether oxygens (including phenoxy) is 1. The summed E-state index contributed by atoms with van der Waals surface area (Å²) in [5.74, 6) is 0. The van der Waals surface area contributed by atoms with E-state index in [-0.39, 0.29) is 6.61 Å². The molecular weight excluding hydrogens is 140 g/mol. The van der Waals surface area contributed by atoms with Gasteiger partial charge in [0.2, 0.25) is 0 Å². The van der Waals surface area contributed by atoms with Crippen molar-refractivity contribution in [1.82, 2.24) is 0 Å². The lowest BCUT2D eigenvalue weighted by molar-refractivity contribution is -0.0592. The molecule has 0 aromatic heterocycles. The highest BCUT2D eigenvalue weighted by Crippen LogP contribution is 2.22. The van der Waals surface area contributed by atoms with Crippen LogP contribution in [0.25, 0.3) is 0 Å². The van der Waals surface area contributed by atoms with E-state index in [1.807, 2.05) is 0 Å². The van der Waals surface area contributed by atoms with E-state index in [0.29, 0.717) is 12.2 Å². The Morgan fingerprint density at radius 2 is 2.09 bits per heavy atom. The minimum Gasteiger partial charge on any atom is -0.396 e. The lowest BCUT2D eigenvalue weighted by atomic mass is 10.0. The maximum absolute atomic E-state index is 8.70. The van der Waals surface area contributed by atoms with Crippen molar-refractivity contribution in [2.45, 2.75) is 51.2 Å². The molecule has 0 aliphatic carbocycles. The summed E-state index contributed by atoms with van der Waals surface area (Å²) < 4.78 is 5.72. The van der Waals surface area contributed by atoms with Gasteiger partial charge in [0.1, 0.15) is 0 Å². The number of rotatable bonds is 3. The SMILES string of the molecule is CC[C@@H]1CCC[C@H](CCO)O1. The summed E-state index contributed by atoms with van der Waals surface area (Å²) in [6.07, 6.45) is 6.33. The van der Waals surface area contributed by atoms with E-state index < -0.39 is 0 Å². The minimum atomic E-state index is 0.265. The Balaban J connectivity index is 2.21. The Morgan fingerprint density at radius 1 is 1.36 bits per heavy atom. The smallest absolute Gasteiger partial charge is 0.0600 e. The van der Waals surface area contributed by atoms with E-state index in [1.165, 1.54) is 12.8 Å². The summed E-state index contributed by atoms with van der Waals surface area (Å²) in [5, 5.41) is 8.70. The molecule has 2 nitrogen and oxygen atoms in total. The molecule has 2 atom stereocenters. The van der Waals surface area contributed by atoms with Gasteiger partial charge < -0.3 is 9.84 Å². The van der Waals surface area contributed by atoms with E-state index in [1.54, 1.807) is 0 Å². The van der Waals surface area contributed by atoms with Gasteiger partial charge in [0.05, 0.1) is 12.2 Å². The monoisotopic (exact) mass is 158 g/mol. The van der Waals surface area contributed by atoms with E-state index in [9.17, 15) is 0 Å². The quantitative estimate of drug-likeness (QED) is 0.677. The van der Waals surface area contributed by atoms with Gasteiger partial charge in [0.25, 0.3) is 0 Å². The molecular formula is C9H18O2. The van der Waals surface area contributed by atoms with Gasteiger partial charge in [-0.05, 0) is 32.1 Å². The van der Waals surface area contributed by atoms with Crippen LogP contribution in [0.5, 0.6) is 0 Å². The van der Waals surface area contributed by atoms with Crippen LogP contribution in [-0.4, -0.2) is 23.9 Å². The molecule has 0 unspecified atom stereocenters. The Kier molecular flexibility index (Phi) is 3.87. The topological polar surface area (TPSA) is 29.5 Å². The Labute approximate surface area is 68.6 Å². The standard InChI is InChI=1S/C9H18O2/c1-2-8-4-3-5-9(11-8)6-7-10/h8-10H,2-7H2,1H3/t8-,9-/m1/s1. The molecule has 1 aliphatic heterocycles. The third kappa shape index (κ3) is 2.80. The molecule has 11 heavy (non-hydrogen) atoms. The van der Waals surface area contributed by atoms with Crippen LogP contribution in [0, 0.1) is 0 Å². The normalized spacial score (nSPS) is 32.2. The first-order chi connectivity index (χ1) is 5.36. The van der Waals surface area contributed by atoms with Gasteiger partial charge >= 0.3 is 0 Å². The van der Waals surface area contributed by atoms with Crippen molar-refractivity contribution >= 4 is 0 Å². The first-order valence-corrected chi connectivity index (χ1v) is 4.63. The van der Waals surface area contributed by atoms with Crippen LogP contribution in [0.2, 0.25) is 0 Å². The molecule has 0 bridgehead atoms. The molecule has 2 heteroatoms. The lowest BCUT2D eigenvalue weighted by Crippen LogP contribution is -2.27. The maximum Gasteiger partial charge on any atom is 0.0600 e. The van der Waals surface area contributed by atoms with Crippen LogP contribution in [0.3, 0.4) is 0 Å². The van der Waals surface area contributed by atoms with Crippen molar-refractivity contribution in [2.24, 2.45) is 0 Å². The number of hydrogen-bond donors (Lipinski definition) is 1. The Bertz CT molecular complexity index is 102. The van der Waals surface area contributed by atoms with Crippen molar-refractivity contribution in [2.75, 3.05) is 6.61 Å². The second-order valence-electron chi connectivity index (χ2n) is 3.23. The van der Waals surface area contributed by atoms with Gasteiger partial charge in [-0.15, -0.1) is 0 Å². The molecule has 1 aliphatic rings. The average Bonchev–Trinajstić information content (AvgIpc) is 2.06. The molecule has 0 amide bonds. The van der Waals surface area contributed by atoms with Gasteiger partial charge in [0, 0.05) is 6.61 Å². The molecule has 1 fully saturated rings. The Morgan fingerprint density at radius 3 is 2.73 bits per heavy atom. The van der Waals surface area contributed by atoms with Crippen LogP contribution in [-0.2, 0) is 4.74 Å². The first-order valence-electron chi connectivity index (χ1n) is 4.63. The highest BCUT2D eigenvalue weighted by atomic mass is 16.5. The van der Waals surface area contributed by atoms with Crippen LogP contribution in [0.1, 0.15) is 39.0 Å². The molecule has 1 heterocycles. The van der Waals surface area contributed by atoms with E-state index in [2.05, 4.69) is 6.92 Å². The van der Waals surface area contributed by atoms with Gasteiger partial charge in [-0.1, -0.05) is 6.92 Å². The highest BCUT2D eigenvalue weighted by Gasteiger charge is 2.19. The second kappa shape index (κ2) is 4.73. The predicted octanol–water partition coefficient (Wildman–Crippen LogP) is 1.72.